The molecule has 2 heterocycles. The lowest BCUT2D eigenvalue weighted by Gasteiger charge is -2.23. The van der Waals surface area contributed by atoms with E-state index in [1.54, 1.807) is 23.8 Å². The minimum Gasteiger partial charge on any atom is -0.385 e. The van der Waals surface area contributed by atoms with E-state index in [0.29, 0.717) is 25.4 Å². The second kappa shape index (κ2) is 12.5. The number of carbonyl (C=O) groups is 2. The minimum absolute atomic E-state index is 0.0916. The summed E-state index contributed by atoms with van der Waals surface area (Å²) < 4.78 is 6.97. The first-order chi connectivity index (χ1) is 19.5. The Balaban J connectivity index is 1.72. The molecule has 0 spiro atoms. The number of anilines is 1. The quantitative estimate of drug-likeness (QED) is 0.278. The predicted octanol–water partition coefficient (Wildman–Crippen LogP) is 5.48. The van der Waals surface area contributed by atoms with Crippen LogP contribution in [0, 0.1) is 13.8 Å². The van der Waals surface area contributed by atoms with E-state index in [1.165, 1.54) is 0 Å². The van der Waals surface area contributed by atoms with Gasteiger partial charge in [0.05, 0.1) is 22.4 Å². The highest BCUT2D eigenvalue weighted by Gasteiger charge is 2.37. The second-order valence-electron chi connectivity index (χ2n) is 9.93. The fourth-order valence-corrected chi connectivity index (χ4v) is 6.23. The zero-order valence-corrected chi connectivity index (χ0v) is 23.9. The SMILES string of the molecule is COCCCNC(=O)CN1C(=O)CS[C@H](c2cccc(C)c2)c2c(-c3ccccc3)nn(-c3ccccc3C)c21. The molecular formula is C32H34N4O3S. The van der Waals surface area contributed by atoms with Crippen molar-refractivity contribution in [3.8, 4) is 16.9 Å². The second-order valence-corrected chi connectivity index (χ2v) is 11.0. The Kier molecular flexibility index (Phi) is 8.67. The summed E-state index contributed by atoms with van der Waals surface area (Å²) in [5.74, 6) is 0.546. The number of rotatable bonds is 9. The zero-order chi connectivity index (χ0) is 28.1. The number of amides is 2. The number of ether oxygens (including phenoxy) is 1. The average Bonchev–Trinajstić information content (AvgIpc) is 3.28. The molecule has 4 aromatic rings. The molecule has 0 aliphatic carbocycles. The van der Waals surface area contributed by atoms with Gasteiger partial charge in [0.25, 0.3) is 0 Å². The van der Waals surface area contributed by atoms with Crippen LogP contribution in [-0.2, 0) is 14.3 Å². The maximum atomic E-state index is 13.8. The van der Waals surface area contributed by atoms with Crippen molar-refractivity contribution in [1.82, 2.24) is 15.1 Å². The van der Waals surface area contributed by atoms with Crippen molar-refractivity contribution >= 4 is 29.4 Å². The Hall–Kier alpha value is -3.88. The molecule has 7 nitrogen and oxygen atoms in total. The Morgan fingerprint density at radius 2 is 1.82 bits per heavy atom. The molecule has 0 bridgehead atoms. The highest BCUT2D eigenvalue weighted by molar-refractivity contribution is 8.00. The molecule has 40 heavy (non-hydrogen) atoms. The number of fused-ring (bicyclic) bond motifs is 1. The van der Waals surface area contributed by atoms with Gasteiger partial charge in [0.2, 0.25) is 11.8 Å². The molecule has 3 aromatic carbocycles. The van der Waals surface area contributed by atoms with E-state index < -0.39 is 0 Å². The highest BCUT2D eigenvalue weighted by Crippen LogP contribution is 2.48. The van der Waals surface area contributed by atoms with Crippen molar-refractivity contribution in [3.63, 3.8) is 0 Å². The molecule has 2 amide bonds. The van der Waals surface area contributed by atoms with Gasteiger partial charge in [0.1, 0.15) is 12.4 Å². The van der Waals surface area contributed by atoms with Crippen LogP contribution >= 0.6 is 11.8 Å². The first kappa shape index (κ1) is 27.7. The monoisotopic (exact) mass is 554 g/mol. The van der Waals surface area contributed by atoms with Crippen LogP contribution in [-0.4, -0.2) is 54.2 Å². The van der Waals surface area contributed by atoms with Crippen LogP contribution in [0.2, 0.25) is 0 Å². The van der Waals surface area contributed by atoms with Gasteiger partial charge in [-0.1, -0.05) is 78.4 Å². The van der Waals surface area contributed by atoms with Gasteiger partial charge in [0.15, 0.2) is 0 Å². The molecule has 1 aliphatic heterocycles. The summed E-state index contributed by atoms with van der Waals surface area (Å²) in [7, 11) is 1.64. The number of hydrogen-bond donors (Lipinski definition) is 1. The van der Waals surface area contributed by atoms with Gasteiger partial charge >= 0.3 is 0 Å². The van der Waals surface area contributed by atoms with E-state index in [2.05, 4.69) is 36.5 Å². The number of nitrogens with one attached hydrogen (secondary N) is 1. The molecule has 1 aromatic heterocycles. The number of hydrogen-bond acceptors (Lipinski definition) is 5. The topological polar surface area (TPSA) is 76.5 Å². The lowest BCUT2D eigenvalue weighted by Crippen LogP contribution is -2.42. The number of para-hydroxylation sites is 1. The van der Waals surface area contributed by atoms with Gasteiger partial charge in [-0.2, -0.15) is 5.10 Å². The van der Waals surface area contributed by atoms with E-state index >= 15 is 0 Å². The third-order valence-corrected chi connectivity index (χ3v) is 8.23. The standard InChI is InChI=1S/C32H34N4O3S/c1-22-11-9-15-25(19-22)31-29-30(24-13-5-4-6-14-24)34-36(26-16-8-7-12-23(26)2)32(29)35(28(38)21-40-31)20-27(37)33-17-10-18-39-3/h4-9,11-16,19,31H,10,17-18,20-21H2,1-3H3,(H,33,37)/t31-/m1/s1. The summed E-state index contributed by atoms with van der Waals surface area (Å²) in [5.41, 5.74) is 6.84. The lowest BCUT2D eigenvalue weighted by atomic mass is 9.98. The fourth-order valence-electron chi connectivity index (χ4n) is 5.04. The Bertz CT molecular complexity index is 1500. The van der Waals surface area contributed by atoms with Crippen molar-refractivity contribution in [2.24, 2.45) is 0 Å². The molecule has 5 rings (SSSR count). The number of nitrogens with zero attached hydrogens (tertiary/aromatic N) is 3. The molecule has 8 heteroatoms. The van der Waals surface area contributed by atoms with Crippen LogP contribution < -0.4 is 10.2 Å². The van der Waals surface area contributed by atoms with Gasteiger partial charge in [-0.15, -0.1) is 11.8 Å². The van der Waals surface area contributed by atoms with Gasteiger partial charge < -0.3 is 10.1 Å². The Labute approximate surface area is 239 Å². The summed E-state index contributed by atoms with van der Waals surface area (Å²) in [6.45, 7) is 5.05. The Morgan fingerprint density at radius 3 is 2.58 bits per heavy atom. The number of carbonyl (C=O) groups excluding carboxylic acids is 2. The smallest absolute Gasteiger partial charge is 0.240 e. The first-order valence-corrected chi connectivity index (χ1v) is 14.5. The summed E-state index contributed by atoms with van der Waals surface area (Å²) in [5, 5.41) is 7.97. The zero-order valence-electron chi connectivity index (χ0n) is 23.1. The molecular weight excluding hydrogens is 520 g/mol. The molecule has 206 valence electrons. The van der Waals surface area contributed by atoms with Crippen molar-refractivity contribution in [1.29, 1.82) is 0 Å². The number of thioether (sulfide) groups is 1. The van der Waals surface area contributed by atoms with Crippen molar-refractivity contribution in [2.75, 3.05) is 37.5 Å². The van der Waals surface area contributed by atoms with Crippen LogP contribution in [0.5, 0.6) is 0 Å². The van der Waals surface area contributed by atoms with E-state index in [-0.39, 0.29) is 29.4 Å². The van der Waals surface area contributed by atoms with Crippen LogP contribution in [0.1, 0.15) is 33.9 Å². The molecule has 0 radical (unpaired) electrons. The summed E-state index contributed by atoms with van der Waals surface area (Å²) in [4.78, 5) is 28.6. The summed E-state index contributed by atoms with van der Waals surface area (Å²) in [6, 6.07) is 26.5. The lowest BCUT2D eigenvalue weighted by molar-refractivity contribution is -0.122. The van der Waals surface area contributed by atoms with Gasteiger partial charge in [-0.25, -0.2) is 4.68 Å². The van der Waals surface area contributed by atoms with E-state index in [1.807, 2.05) is 66.2 Å². The van der Waals surface area contributed by atoms with E-state index in [4.69, 9.17) is 9.84 Å². The summed E-state index contributed by atoms with van der Waals surface area (Å²) in [6.07, 6.45) is 0.700. The van der Waals surface area contributed by atoms with Gasteiger partial charge in [0, 0.05) is 31.4 Å². The molecule has 0 fully saturated rings. The predicted molar refractivity (Wildman–Crippen MR) is 161 cm³/mol. The van der Waals surface area contributed by atoms with Crippen molar-refractivity contribution in [3.05, 3.63) is 101 Å². The number of aromatic nitrogens is 2. The molecule has 0 unspecified atom stereocenters. The van der Waals surface area contributed by atoms with Gasteiger partial charge in [-0.3, -0.25) is 14.5 Å². The van der Waals surface area contributed by atoms with Crippen LogP contribution in [0.25, 0.3) is 16.9 Å². The normalized spacial score (nSPS) is 15.0. The molecule has 1 N–H and O–H groups in total. The van der Waals surface area contributed by atoms with Crippen molar-refractivity contribution < 1.29 is 14.3 Å². The molecule has 0 saturated carbocycles. The molecule has 1 aliphatic rings. The average molecular weight is 555 g/mol. The number of aryl methyl sites for hydroxylation is 2. The Morgan fingerprint density at radius 1 is 1.05 bits per heavy atom. The summed E-state index contributed by atoms with van der Waals surface area (Å²) >= 11 is 1.58. The van der Waals surface area contributed by atoms with Crippen LogP contribution in [0.4, 0.5) is 5.82 Å². The van der Waals surface area contributed by atoms with E-state index in [9.17, 15) is 9.59 Å². The number of benzene rings is 3. The van der Waals surface area contributed by atoms with Gasteiger partial charge in [-0.05, 0) is 37.5 Å². The largest absolute Gasteiger partial charge is 0.385 e. The van der Waals surface area contributed by atoms with Crippen molar-refractivity contribution in [2.45, 2.75) is 25.5 Å². The third kappa shape index (κ3) is 5.83. The minimum atomic E-state index is -0.215. The highest BCUT2D eigenvalue weighted by atomic mass is 32.2. The fraction of sp³-hybridized carbons (Fsp3) is 0.281. The maximum absolute atomic E-state index is 13.8. The first-order valence-electron chi connectivity index (χ1n) is 13.5. The van der Waals surface area contributed by atoms with E-state index in [0.717, 1.165) is 39.2 Å². The maximum Gasteiger partial charge on any atom is 0.240 e. The molecule has 0 saturated heterocycles. The number of methoxy groups -OCH3 is 1. The van der Waals surface area contributed by atoms with Crippen LogP contribution in [0.15, 0.2) is 78.9 Å². The molecule has 1 atom stereocenters. The van der Waals surface area contributed by atoms with Crippen LogP contribution in [0.3, 0.4) is 0 Å². The third-order valence-electron chi connectivity index (χ3n) is 6.97.